The van der Waals surface area contributed by atoms with Gasteiger partial charge in [0, 0.05) is 33.4 Å². The van der Waals surface area contributed by atoms with Crippen LogP contribution in [0.4, 0.5) is 5.69 Å². The first-order valence-electron chi connectivity index (χ1n) is 6.30. The van der Waals surface area contributed by atoms with Crippen LogP contribution in [0.1, 0.15) is 10.4 Å². The minimum absolute atomic E-state index is 0.147. The van der Waals surface area contributed by atoms with E-state index in [2.05, 4.69) is 0 Å². The lowest BCUT2D eigenvalue weighted by Gasteiger charge is -2.15. The number of carbonyl (C=O) groups is 1. The van der Waals surface area contributed by atoms with E-state index in [-0.39, 0.29) is 42.3 Å². The number of nitro benzene ring substituents is 1. The van der Waals surface area contributed by atoms with Gasteiger partial charge in [-0.2, -0.15) is 0 Å². The van der Waals surface area contributed by atoms with Crippen LogP contribution in [-0.4, -0.2) is 60.4 Å². The van der Waals surface area contributed by atoms with Gasteiger partial charge in [-0.05, 0) is 12.1 Å². The van der Waals surface area contributed by atoms with Crippen molar-refractivity contribution in [3.8, 4) is 5.75 Å². The zero-order valence-corrected chi connectivity index (χ0v) is 11.7. The van der Waals surface area contributed by atoms with Crippen LogP contribution in [0, 0.1) is 10.1 Å². The van der Waals surface area contributed by atoms with Gasteiger partial charge < -0.3 is 19.5 Å². The summed E-state index contributed by atoms with van der Waals surface area (Å²) in [5.41, 5.74) is -0.487. The zero-order chi connectivity index (χ0) is 15.6. The number of likely N-dealkylation sites (tertiary alicyclic amines) is 1. The third-order valence-electron chi connectivity index (χ3n) is 3.52. The summed E-state index contributed by atoms with van der Waals surface area (Å²) < 4.78 is 10.5. The van der Waals surface area contributed by atoms with E-state index in [1.807, 2.05) is 0 Å². The molecule has 114 valence electrons. The van der Waals surface area contributed by atoms with E-state index >= 15 is 0 Å². The highest BCUT2D eigenvalue weighted by Gasteiger charge is 2.37. The average Bonchev–Trinajstić information content (AvgIpc) is 2.89. The lowest BCUT2D eigenvalue weighted by atomic mass is 10.1. The lowest BCUT2D eigenvalue weighted by molar-refractivity contribution is -0.385. The summed E-state index contributed by atoms with van der Waals surface area (Å²) in [6, 6.07) is 3.39. The molecule has 1 aliphatic rings. The number of phenols is 1. The molecule has 21 heavy (non-hydrogen) atoms. The van der Waals surface area contributed by atoms with Crippen molar-refractivity contribution in [3.63, 3.8) is 0 Å². The summed E-state index contributed by atoms with van der Waals surface area (Å²) in [4.78, 5) is 24.2. The molecule has 1 heterocycles. The topological polar surface area (TPSA) is 102 Å². The Kier molecular flexibility index (Phi) is 4.39. The van der Waals surface area contributed by atoms with Gasteiger partial charge in [0.15, 0.2) is 0 Å². The van der Waals surface area contributed by atoms with Gasteiger partial charge in [0.1, 0.15) is 23.5 Å². The fourth-order valence-corrected chi connectivity index (χ4v) is 2.39. The predicted octanol–water partition coefficient (Wildman–Crippen LogP) is 0.786. The first kappa shape index (κ1) is 15.2. The number of amides is 1. The van der Waals surface area contributed by atoms with Crippen LogP contribution in [0.2, 0.25) is 0 Å². The number of aromatic hydroxyl groups is 1. The highest BCUT2D eigenvalue weighted by atomic mass is 16.6. The van der Waals surface area contributed by atoms with Crippen LogP contribution in [0.5, 0.6) is 5.75 Å². The van der Waals surface area contributed by atoms with Gasteiger partial charge in [-0.25, -0.2) is 0 Å². The van der Waals surface area contributed by atoms with Crippen molar-refractivity contribution in [2.75, 3.05) is 27.3 Å². The van der Waals surface area contributed by atoms with E-state index in [9.17, 15) is 20.0 Å². The van der Waals surface area contributed by atoms with E-state index in [4.69, 9.17) is 9.47 Å². The van der Waals surface area contributed by atoms with E-state index in [0.29, 0.717) is 0 Å². The Bertz CT molecular complexity index is 550. The molecule has 1 aromatic rings. The molecule has 2 unspecified atom stereocenters. The van der Waals surface area contributed by atoms with Gasteiger partial charge in [-0.3, -0.25) is 14.9 Å². The molecule has 0 radical (unpaired) electrons. The maximum Gasteiger partial charge on any atom is 0.282 e. The molecule has 1 saturated heterocycles. The summed E-state index contributed by atoms with van der Waals surface area (Å²) in [6.45, 7) is 0.557. The van der Waals surface area contributed by atoms with Gasteiger partial charge in [0.25, 0.3) is 11.6 Å². The standard InChI is InChI=1S/C13H16N2O6/c1-20-11-6-14(7-12(11)21-2)13(17)9-5-8(16)3-4-10(9)15(18)19/h3-5,11-12,16H,6-7H2,1-2H3. The van der Waals surface area contributed by atoms with Crippen molar-refractivity contribution in [3.05, 3.63) is 33.9 Å². The number of hydrogen-bond donors (Lipinski definition) is 1. The minimum Gasteiger partial charge on any atom is -0.508 e. The van der Waals surface area contributed by atoms with Crippen LogP contribution in [0.25, 0.3) is 0 Å². The highest BCUT2D eigenvalue weighted by Crippen LogP contribution is 2.27. The van der Waals surface area contributed by atoms with E-state index in [1.165, 1.54) is 25.2 Å². The molecular weight excluding hydrogens is 280 g/mol. The molecule has 1 amide bonds. The van der Waals surface area contributed by atoms with Crippen LogP contribution in [0.15, 0.2) is 18.2 Å². The molecule has 8 heteroatoms. The lowest BCUT2D eigenvalue weighted by Crippen LogP contribution is -2.30. The number of carbonyl (C=O) groups excluding carboxylic acids is 1. The Labute approximate surface area is 121 Å². The van der Waals surface area contributed by atoms with E-state index < -0.39 is 10.8 Å². The summed E-state index contributed by atoms with van der Waals surface area (Å²) >= 11 is 0. The maximum absolute atomic E-state index is 12.4. The molecular formula is C13H16N2O6. The first-order chi connectivity index (χ1) is 9.97. The predicted molar refractivity (Wildman–Crippen MR) is 72.3 cm³/mol. The smallest absolute Gasteiger partial charge is 0.282 e. The Balaban J connectivity index is 2.29. The SMILES string of the molecule is COC1CN(C(=O)c2cc(O)ccc2[N+](=O)[O-])CC1OC. The maximum atomic E-state index is 12.4. The number of benzene rings is 1. The van der Waals surface area contributed by atoms with Gasteiger partial charge >= 0.3 is 0 Å². The summed E-state index contributed by atoms with van der Waals surface area (Å²) in [5.74, 6) is -0.728. The Morgan fingerprint density at radius 1 is 1.33 bits per heavy atom. The van der Waals surface area contributed by atoms with Crippen molar-refractivity contribution >= 4 is 11.6 Å². The fourth-order valence-electron chi connectivity index (χ4n) is 2.39. The van der Waals surface area contributed by atoms with Crippen LogP contribution >= 0.6 is 0 Å². The summed E-state index contributed by atoms with van der Waals surface area (Å²) in [5, 5.41) is 20.5. The second kappa shape index (κ2) is 6.06. The molecule has 1 aliphatic heterocycles. The van der Waals surface area contributed by atoms with Crippen molar-refractivity contribution < 1.29 is 24.3 Å². The van der Waals surface area contributed by atoms with E-state index in [0.717, 1.165) is 12.1 Å². The number of nitro groups is 1. The third kappa shape index (κ3) is 2.96. The highest BCUT2D eigenvalue weighted by molar-refractivity contribution is 5.98. The second-order valence-electron chi connectivity index (χ2n) is 4.72. The number of nitrogens with zero attached hydrogens (tertiary/aromatic N) is 2. The van der Waals surface area contributed by atoms with E-state index in [1.54, 1.807) is 0 Å². The molecule has 0 aliphatic carbocycles. The summed E-state index contributed by atoms with van der Waals surface area (Å²) in [6.07, 6.45) is -0.564. The number of rotatable bonds is 4. The minimum atomic E-state index is -0.648. The molecule has 0 bridgehead atoms. The van der Waals surface area contributed by atoms with Crippen molar-refractivity contribution in [1.29, 1.82) is 0 Å². The van der Waals surface area contributed by atoms with Crippen LogP contribution in [0.3, 0.4) is 0 Å². The summed E-state index contributed by atoms with van der Waals surface area (Å²) in [7, 11) is 3.03. The fraction of sp³-hybridized carbons (Fsp3) is 0.462. The average molecular weight is 296 g/mol. The Morgan fingerprint density at radius 2 is 1.90 bits per heavy atom. The number of hydrogen-bond acceptors (Lipinski definition) is 6. The third-order valence-corrected chi connectivity index (χ3v) is 3.52. The molecule has 0 saturated carbocycles. The van der Waals surface area contributed by atoms with Gasteiger partial charge in [0.2, 0.25) is 0 Å². The molecule has 2 rings (SSSR count). The monoisotopic (exact) mass is 296 g/mol. The van der Waals surface area contributed by atoms with Crippen LogP contribution < -0.4 is 0 Å². The van der Waals surface area contributed by atoms with Gasteiger partial charge in [-0.15, -0.1) is 0 Å². The molecule has 0 aromatic heterocycles. The molecule has 2 atom stereocenters. The zero-order valence-electron chi connectivity index (χ0n) is 11.7. The number of methoxy groups -OCH3 is 2. The quantitative estimate of drug-likeness (QED) is 0.651. The molecule has 1 fully saturated rings. The Morgan fingerprint density at radius 3 is 2.38 bits per heavy atom. The Hall–Kier alpha value is -2.19. The van der Waals surface area contributed by atoms with Crippen molar-refractivity contribution in [2.24, 2.45) is 0 Å². The van der Waals surface area contributed by atoms with Crippen molar-refractivity contribution in [1.82, 2.24) is 4.90 Å². The molecule has 0 spiro atoms. The van der Waals surface area contributed by atoms with Gasteiger partial charge in [-0.1, -0.05) is 0 Å². The number of phenolic OH excluding ortho intramolecular Hbond substituents is 1. The number of ether oxygens (including phenoxy) is 2. The molecule has 1 N–H and O–H groups in total. The normalized spacial score (nSPS) is 21.5. The van der Waals surface area contributed by atoms with Gasteiger partial charge in [0.05, 0.1) is 4.92 Å². The van der Waals surface area contributed by atoms with Crippen LogP contribution in [-0.2, 0) is 9.47 Å². The largest absolute Gasteiger partial charge is 0.508 e. The first-order valence-corrected chi connectivity index (χ1v) is 6.30. The van der Waals surface area contributed by atoms with Crippen molar-refractivity contribution in [2.45, 2.75) is 12.2 Å². The second-order valence-corrected chi connectivity index (χ2v) is 4.72. The molecule has 8 nitrogen and oxygen atoms in total. The molecule has 1 aromatic carbocycles.